The smallest absolute Gasteiger partial charge is 0.417 e. The molecule has 0 aliphatic carbocycles. The third-order valence-corrected chi connectivity index (χ3v) is 4.19. The van der Waals surface area contributed by atoms with Crippen molar-refractivity contribution in [2.45, 2.75) is 103 Å². The predicted octanol–water partition coefficient (Wildman–Crippen LogP) is 6.28. The van der Waals surface area contributed by atoms with Gasteiger partial charge in [0.25, 0.3) is 0 Å². The summed E-state index contributed by atoms with van der Waals surface area (Å²) in [6.45, 7) is 1.84. The van der Waals surface area contributed by atoms with Crippen molar-refractivity contribution in [3.05, 3.63) is 0 Å². The minimum atomic E-state index is -0.146. The summed E-state index contributed by atoms with van der Waals surface area (Å²) in [4.78, 5) is 9.82. The maximum atomic E-state index is 11.9. The highest BCUT2D eigenvalue weighted by molar-refractivity contribution is 5.37. The van der Waals surface area contributed by atoms with Crippen molar-refractivity contribution >= 4 is 6.47 Å². The van der Waals surface area contributed by atoms with Crippen LogP contribution in [0.4, 0.5) is 4.39 Å². The molecule has 0 saturated carbocycles. The molecule has 0 aliphatic rings. The third-order valence-electron chi connectivity index (χ3n) is 4.19. The SMILES string of the molecule is O=[C]OCCCCCCCCCCCCCCCCCCF. The van der Waals surface area contributed by atoms with E-state index >= 15 is 0 Å². The fourth-order valence-corrected chi connectivity index (χ4v) is 2.79. The topological polar surface area (TPSA) is 26.3 Å². The molecular formula is C19H36FO2. The highest BCUT2D eigenvalue weighted by Crippen LogP contribution is 2.13. The lowest BCUT2D eigenvalue weighted by molar-refractivity contribution is 0.268. The van der Waals surface area contributed by atoms with Crippen LogP contribution in [0.25, 0.3) is 0 Å². The number of halogens is 1. The van der Waals surface area contributed by atoms with Crippen molar-refractivity contribution in [3.8, 4) is 0 Å². The van der Waals surface area contributed by atoms with Crippen LogP contribution < -0.4 is 0 Å². The molecule has 0 heterocycles. The lowest BCUT2D eigenvalue weighted by Crippen LogP contribution is -1.91. The van der Waals surface area contributed by atoms with Gasteiger partial charge in [0.2, 0.25) is 0 Å². The number of unbranched alkanes of at least 4 members (excludes halogenated alkanes) is 15. The average Bonchev–Trinajstić information content (AvgIpc) is 2.54. The maximum absolute atomic E-state index is 11.9. The first-order valence-corrected chi connectivity index (χ1v) is 9.46. The number of carbonyl (C=O) groups excluding carboxylic acids is 1. The molecule has 0 aromatic carbocycles. The van der Waals surface area contributed by atoms with Gasteiger partial charge in [-0.3, -0.25) is 4.39 Å². The summed E-state index contributed by atoms with van der Waals surface area (Å²) >= 11 is 0. The fraction of sp³-hybridized carbons (Fsp3) is 0.947. The third kappa shape index (κ3) is 19.4. The zero-order chi connectivity index (χ0) is 16.1. The van der Waals surface area contributed by atoms with Gasteiger partial charge in [0.15, 0.2) is 0 Å². The number of rotatable bonds is 19. The average molecular weight is 315 g/mol. The molecule has 0 fully saturated rings. The van der Waals surface area contributed by atoms with E-state index in [9.17, 15) is 9.18 Å². The van der Waals surface area contributed by atoms with Gasteiger partial charge in [-0.1, -0.05) is 89.9 Å². The molecule has 0 aliphatic heterocycles. The zero-order valence-corrected chi connectivity index (χ0v) is 14.4. The molecule has 2 nitrogen and oxygen atoms in total. The fourth-order valence-electron chi connectivity index (χ4n) is 2.79. The first-order chi connectivity index (χ1) is 10.9. The van der Waals surface area contributed by atoms with Crippen LogP contribution in [-0.4, -0.2) is 19.8 Å². The largest absolute Gasteiger partial charge is 0.457 e. The first-order valence-electron chi connectivity index (χ1n) is 9.46. The van der Waals surface area contributed by atoms with Crippen LogP contribution in [-0.2, 0) is 9.53 Å². The molecule has 0 spiro atoms. The molecule has 0 unspecified atom stereocenters. The molecule has 0 N–H and O–H groups in total. The van der Waals surface area contributed by atoms with Gasteiger partial charge in [0.05, 0.1) is 13.3 Å². The zero-order valence-electron chi connectivity index (χ0n) is 14.4. The summed E-state index contributed by atoms with van der Waals surface area (Å²) in [5.74, 6) is 0. The minimum absolute atomic E-state index is 0.146. The number of alkyl halides is 1. The molecule has 1 radical (unpaired) electrons. The second kappa shape index (κ2) is 20.4. The van der Waals surface area contributed by atoms with Crippen molar-refractivity contribution in [2.24, 2.45) is 0 Å². The molecular weight excluding hydrogens is 279 g/mol. The molecule has 0 amide bonds. The van der Waals surface area contributed by atoms with Gasteiger partial charge in [0.1, 0.15) is 0 Å². The summed E-state index contributed by atoms with van der Waals surface area (Å²) in [5, 5.41) is 0. The predicted molar refractivity (Wildman–Crippen MR) is 91.5 cm³/mol. The summed E-state index contributed by atoms with van der Waals surface area (Å²) in [6, 6.07) is 0. The maximum Gasteiger partial charge on any atom is 0.417 e. The normalized spacial score (nSPS) is 10.8. The number of ether oxygens (including phenoxy) is 1. The van der Waals surface area contributed by atoms with E-state index in [1.54, 1.807) is 0 Å². The summed E-state index contributed by atoms with van der Waals surface area (Å²) in [7, 11) is 0. The van der Waals surface area contributed by atoms with E-state index in [1.165, 1.54) is 83.5 Å². The van der Waals surface area contributed by atoms with Crippen molar-refractivity contribution < 1.29 is 13.9 Å². The van der Waals surface area contributed by atoms with Crippen LogP contribution in [0.5, 0.6) is 0 Å². The highest BCUT2D eigenvalue weighted by atomic mass is 19.1. The van der Waals surface area contributed by atoms with Crippen molar-refractivity contribution in [1.82, 2.24) is 0 Å². The van der Waals surface area contributed by atoms with E-state index in [0.717, 1.165) is 25.7 Å². The Bertz CT molecular complexity index is 210. The Morgan fingerprint density at radius 3 is 1.18 bits per heavy atom. The Labute approximate surface area is 137 Å². The number of hydrogen-bond acceptors (Lipinski definition) is 2. The molecule has 0 aromatic rings. The Kier molecular flexibility index (Phi) is 19.8. The Morgan fingerprint density at radius 2 is 0.864 bits per heavy atom. The van der Waals surface area contributed by atoms with Crippen LogP contribution >= 0.6 is 0 Å². The summed E-state index contributed by atoms with van der Waals surface area (Å²) in [6.07, 6.45) is 19.9. The Morgan fingerprint density at radius 1 is 0.545 bits per heavy atom. The summed E-state index contributed by atoms with van der Waals surface area (Å²) in [5.41, 5.74) is 0. The quantitative estimate of drug-likeness (QED) is 0.262. The summed E-state index contributed by atoms with van der Waals surface area (Å²) < 4.78 is 16.4. The molecule has 131 valence electrons. The second-order valence-electron chi connectivity index (χ2n) is 6.28. The van der Waals surface area contributed by atoms with Crippen molar-refractivity contribution in [2.75, 3.05) is 13.3 Å². The van der Waals surface area contributed by atoms with E-state index in [0.29, 0.717) is 6.61 Å². The minimum Gasteiger partial charge on any atom is -0.457 e. The molecule has 0 bridgehead atoms. The van der Waals surface area contributed by atoms with Gasteiger partial charge in [-0.15, -0.1) is 0 Å². The van der Waals surface area contributed by atoms with Crippen LogP contribution in [0.1, 0.15) is 103 Å². The van der Waals surface area contributed by atoms with Crippen molar-refractivity contribution in [1.29, 1.82) is 0 Å². The van der Waals surface area contributed by atoms with E-state index in [-0.39, 0.29) is 6.67 Å². The number of hydrogen-bond donors (Lipinski definition) is 0. The van der Waals surface area contributed by atoms with Gasteiger partial charge in [-0.25, -0.2) is 4.79 Å². The molecule has 3 heteroatoms. The van der Waals surface area contributed by atoms with Crippen LogP contribution in [0, 0.1) is 0 Å². The molecule has 22 heavy (non-hydrogen) atoms. The monoisotopic (exact) mass is 315 g/mol. The van der Waals surface area contributed by atoms with Crippen molar-refractivity contribution in [3.63, 3.8) is 0 Å². The van der Waals surface area contributed by atoms with Gasteiger partial charge in [0, 0.05) is 0 Å². The van der Waals surface area contributed by atoms with E-state index in [2.05, 4.69) is 4.74 Å². The van der Waals surface area contributed by atoms with Gasteiger partial charge >= 0.3 is 6.47 Å². The van der Waals surface area contributed by atoms with E-state index < -0.39 is 0 Å². The van der Waals surface area contributed by atoms with Crippen LogP contribution in [0.15, 0.2) is 0 Å². The molecule has 0 saturated heterocycles. The van der Waals surface area contributed by atoms with Crippen LogP contribution in [0.2, 0.25) is 0 Å². The standard InChI is InChI=1S/C19H36FO2/c20-17-15-13-11-9-7-5-3-1-2-4-6-8-10-12-14-16-18-22-19-21/h1-18H2. The highest BCUT2D eigenvalue weighted by Gasteiger charge is 1.95. The van der Waals surface area contributed by atoms with Gasteiger partial charge in [-0.05, 0) is 12.8 Å². The Balaban J connectivity index is 2.92. The van der Waals surface area contributed by atoms with E-state index in [1.807, 2.05) is 0 Å². The molecule has 0 aromatic heterocycles. The lowest BCUT2D eigenvalue weighted by atomic mass is 10.0. The lowest BCUT2D eigenvalue weighted by Gasteiger charge is -2.03. The molecule has 0 rings (SSSR count). The van der Waals surface area contributed by atoms with Gasteiger partial charge < -0.3 is 4.74 Å². The van der Waals surface area contributed by atoms with Crippen LogP contribution in [0.3, 0.4) is 0 Å². The second-order valence-corrected chi connectivity index (χ2v) is 6.28. The molecule has 0 atom stereocenters. The van der Waals surface area contributed by atoms with Gasteiger partial charge in [-0.2, -0.15) is 0 Å². The van der Waals surface area contributed by atoms with E-state index in [4.69, 9.17) is 0 Å². The Hall–Kier alpha value is -0.600. The first kappa shape index (κ1) is 21.4.